The van der Waals surface area contributed by atoms with Crippen molar-refractivity contribution >= 4 is 17.9 Å². The number of carbonyl (C=O) groups is 3. The van der Waals surface area contributed by atoms with E-state index in [-0.39, 0.29) is 38.2 Å². The van der Waals surface area contributed by atoms with Gasteiger partial charge in [-0.05, 0) is 39.0 Å². The Hall–Kier alpha value is -1.89. The second kappa shape index (κ2) is 14.7. The summed E-state index contributed by atoms with van der Waals surface area (Å²) in [5.41, 5.74) is 0.301. The van der Waals surface area contributed by atoms with E-state index in [9.17, 15) is 14.4 Å². The number of aliphatic hydroxyl groups is 1. The largest absolute Gasteiger partial charge is 0.466 e. The zero-order chi connectivity index (χ0) is 18.2. The summed E-state index contributed by atoms with van der Waals surface area (Å²) in [6.45, 7) is 5.45. The molecule has 0 aliphatic rings. The van der Waals surface area contributed by atoms with Crippen molar-refractivity contribution < 1.29 is 33.7 Å². The lowest BCUT2D eigenvalue weighted by molar-refractivity contribution is -0.150. The molecule has 0 bridgehead atoms. The highest BCUT2D eigenvalue weighted by Crippen LogP contribution is 2.03. The topological polar surface area (TPSA) is 99.1 Å². The highest BCUT2D eigenvalue weighted by molar-refractivity contribution is 5.86. The van der Waals surface area contributed by atoms with Crippen LogP contribution in [-0.2, 0) is 28.6 Å². The van der Waals surface area contributed by atoms with Gasteiger partial charge in [0.05, 0.1) is 6.61 Å². The van der Waals surface area contributed by atoms with Crippen LogP contribution in [0, 0.1) is 0 Å². The average Bonchev–Trinajstić information content (AvgIpc) is 2.54. The van der Waals surface area contributed by atoms with Crippen LogP contribution in [0.4, 0.5) is 0 Å². The van der Waals surface area contributed by atoms with Crippen LogP contribution >= 0.6 is 0 Å². The Kier molecular flexibility index (Phi) is 13.5. The Labute approximate surface area is 143 Å². The molecule has 7 heteroatoms. The Balaban J connectivity index is 3.41. The molecule has 0 unspecified atom stereocenters. The van der Waals surface area contributed by atoms with Gasteiger partial charge in [-0.3, -0.25) is 9.59 Å². The summed E-state index contributed by atoms with van der Waals surface area (Å²) in [5, 5.41) is 8.60. The number of hydrogen-bond donors (Lipinski definition) is 1. The molecule has 0 aromatic carbocycles. The number of unbranched alkanes of at least 4 members (excludes halogenated alkanes) is 3. The third-order valence-corrected chi connectivity index (χ3v) is 3.01. The lowest BCUT2D eigenvalue weighted by Gasteiger charge is -2.06. The molecular formula is C17H28O7. The smallest absolute Gasteiger partial charge is 0.333 e. The van der Waals surface area contributed by atoms with E-state index in [1.54, 1.807) is 6.92 Å². The third kappa shape index (κ3) is 13.8. The highest BCUT2D eigenvalue weighted by atomic mass is 16.6. The van der Waals surface area contributed by atoms with E-state index in [2.05, 4.69) is 6.58 Å². The second-order valence-electron chi connectivity index (χ2n) is 5.35. The summed E-state index contributed by atoms with van der Waals surface area (Å²) in [6, 6.07) is 0. The standard InChI is InChI=1S/C17H28O7/c1-14(2)17(21)24-13-12-23-16(20)8-4-3-7-11-22-15(19)9-5-6-10-18/h18H,1,3-13H2,2H3. The van der Waals surface area contributed by atoms with Gasteiger partial charge in [-0.15, -0.1) is 0 Å². The van der Waals surface area contributed by atoms with Crippen molar-refractivity contribution in [2.75, 3.05) is 26.4 Å². The molecule has 0 saturated carbocycles. The number of hydrogen-bond acceptors (Lipinski definition) is 7. The van der Waals surface area contributed by atoms with E-state index >= 15 is 0 Å². The Morgan fingerprint density at radius 3 is 1.92 bits per heavy atom. The minimum absolute atomic E-state index is 0.0175. The zero-order valence-corrected chi connectivity index (χ0v) is 14.4. The number of aliphatic hydroxyl groups excluding tert-OH is 1. The van der Waals surface area contributed by atoms with Crippen molar-refractivity contribution in [2.24, 2.45) is 0 Å². The Bertz CT molecular complexity index is 404. The average molecular weight is 344 g/mol. The fourth-order valence-corrected chi connectivity index (χ4v) is 1.67. The van der Waals surface area contributed by atoms with Gasteiger partial charge in [0.25, 0.3) is 0 Å². The molecule has 0 aromatic heterocycles. The molecule has 0 amide bonds. The van der Waals surface area contributed by atoms with E-state index in [1.165, 1.54) is 0 Å². The van der Waals surface area contributed by atoms with Crippen LogP contribution in [0.3, 0.4) is 0 Å². The van der Waals surface area contributed by atoms with E-state index < -0.39 is 5.97 Å². The highest BCUT2D eigenvalue weighted by Gasteiger charge is 2.06. The van der Waals surface area contributed by atoms with Crippen molar-refractivity contribution in [2.45, 2.75) is 51.9 Å². The van der Waals surface area contributed by atoms with Crippen LogP contribution in [0.15, 0.2) is 12.2 Å². The molecule has 0 aliphatic carbocycles. The molecule has 1 N–H and O–H groups in total. The summed E-state index contributed by atoms with van der Waals surface area (Å²) in [5.74, 6) is -1.11. The molecule has 7 nitrogen and oxygen atoms in total. The summed E-state index contributed by atoms with van der Waals surface area (Å²) in [4.78, 5) is 33.8. The van der Waals surface area contributed by atoms with Gasteiger partial charge in [0.15, 0.2) is 0 Å². The van der Waals surface area contributed by atoms with Gasteiger partial charge in [0.1, 0.15) is 13.2 Å². The maximum absolute atomic E-state index is 11.4. The molecular weight excluding hydrogens is 316 g/mol. The number of ether oxygens (including phenoxy) is 3. The predicted octanol–water partition coefficient (Wildman–Crippen LogP) is 1.92. The summed E-state index contributed by atoms with van der Waals surface area (Å²) < 4.78 is 14.7. The van der Waals surface area contributed by atoms with Gasteiger partial charge >= 0.3 is 17.9 Å². The lowest BCUT2D eigenvalue weighted by Crippen LogP contribution is -2.14. The third-order valence-electron chi connectivity index (χ3n) is 3.01. The van der Waals surface area contributed by atoms with Crippen molar-refractivity contribution in [3.63, 3.8) is 0 Å². The van der Waals surface area contributed by atoms with Crippen LogP contribution in [0.5, 0.6) is 0 Å². The SMILES string of the molecule is C=C(C)C(=O)OCCOC(=O)CCCCCOC(=O)CCCCO. The van der Waals surface area contributed by atoms with E-state index in [0.717, 1.165) is 6.42 Å². The molecule has 0 aromatic rings. The molecule has 0 heterocycles. The predicted molar refractivity (Wildman–Crippen MR) is 87.1 cm³/mol. The number of rotatable bonds is 14. The first-order valence-electron chi connectivity index (χ1n) is 8.22. The maximum atomic E-state index is 11.4. The normalized spacial score (nSPS) is 10.1. The van der Waals surface area contributed by atoms with Crippen molar-refractivity contribution in [1.82, 2.24) is 0 Å². The first-order valence-corrected chi connectivity index (χ1v) is 8.22. The maximum Gasteiger partial charge on any atom is 0.333 e. The lowest BCUT2D eigenvalue weighted by atomic mass is 10.2. The molecule has 0 fully saturated rings. The molecule has 0 radical (unpaired) electrons. The van der Waals surface area contributed by atoms with Crippen LogP contribution in [0.1, 0.15) is 51.9 Å². The van der Waals surface area contributed by atoms with Gasteiger partial charge in [-0.25, -0.2) is 4.79 Å². The number of carbonyl (C=O) groups excluding carboxylic acids is 3. The molecule has 0 aliphatic heterocycles. The summed E-state index contributed by atoms with van der Waals surface area (Å²) in [6.07, 6.45) is 3.92. The van der Waals surface area contributed by atoms with E-state index in [1.807, 2.05) is 0 Å². The van der Waals surface area contributed by atoms with Crippen LogP contribution < -0.4 is 0 Å². The molecule has 0 rings (SSSR count). The van der Waals surface area contributed by atoms with Crippen LogP contribution in [0.2, 0.25) is 0 Å². The van der Waals surface area contributed by atoms with Crippen molar-refractivity contribution in [3.05, 3.63) is 12.2 Å². The quantitative estimate of drug-likeness (QED) is 0.222. The first kappa shape index (κ1) is 22.1. The molecule has 24 heavy (non-hydrogen) atoms. The fourth-order valence-electron chi connectivity index (χ4n) is 1.67. The van der Waals surface area contributed by atoms with Gasteiger partial charge < -0.3 is 19.3 Å². The fraction of sp³-hybridized carbons (Fsp3) is 0.706. The van der Waals surface area contributed by atoms with E-state index in [4.69, 9.17) is 19.3 Å². The minimum Gasteiger partial charge on any atom is -0.466 e. The van der Waals surface area contributed by atoms with Gasteiger partial charge in [-0.2, -0.15) is 0 Å². The second-order valence-corrected chi connectivity index (χ2v) is 5.35. The minimum atomic E-state index is -0.503. The van der Waals surface area contributed by atoms with Gasteiger partial charge in [-0.1, -0.05) is 6.58 Å². The molecule has 0 spiro atoms. The summed E-state index contributed by atoms with van der Waals surface area (Å²) in [7, 11) is 0. The molecule has 0 atom stereocenters. The van der Waals surface area contributed by atoms with Crippen molar-refractivity contribution in [1.29, 1.82) is 0 Å². The van der Waals surface area contributed by atoms with Crippen molar-refractivity contribution in [3.8, 4) is 0 Å². The van der Waals surface area contributed by atoms with Gasteiger partial charge in [0, 0.05) is 25.0 Å². The van der Waals surface area contributed by atoms with Crippen LogP contribution in [-0.4, -0.2) is 49.4 Å². The molecule has 0 saturated heterocycles. The molecule has 138 valence electrons. The monoisotopic (exact) mass is 344 g/mol. The first-order chi connectivity index (χ1) is 11.5. The summed E-state index contributed by atoms with van der Waals surface area (Å²) >= 11 is 0. The van der Waals surface area contributed by atoms with Gasteiger partial charge in [0.2, 0.25) is 0 Å². The number of esters is 3. The Morgan fingerprint density at radius 2 is 1.33 bits per heavy atom. The van der Waals surface area contributed by atoms with E-state index in [0.29, 0.717) is 44.3 Å². The zero-order valence-electron chi connectivity index (χ0n) is 14.4. The Morgan fingerprint density at radius 1 is 0.792 bits per heavy atom. The van der Waals surface area contributed by atoms with Crippen LogP contribution in [0.25, 0.3) is 0 Å².